The van der Waals surface area contributed by atoms with Crippen LogP contribution in [0.3, 0.4) is 0 Å². The van der Waals surface area contributed by atoms with E-state index in [1.807, 2.05) is 26.0 Å². The number of hydrogen-bond donors (Lipinski definition) is 2. The molecule has 0 fully saturated rings. The van der Waals surface area contributed by atoms with E-state index in [1.165, 1.54) is 0 Å². The van der Waals surface area contributed by atoms with Gasteiger partial charge in [-0.2, -0.15) is 0 Å². The Labute approximate surface area is 161 Å². The zero-order chi connectivity index (χ0) is 20.5. The first kappa shape index (κ1) is 21.1. The van der Waals surface area contributed by atoms with E-state index in [-0.39, 0.29) is 12.2 Å². The molecule has 2 aromatic rings. The summed E-state index contributed by atoms with van der Waals surface area (Å²) >= 11 is 0. The Morgan fingerprint density at radius 3 is 2.32 bits per heavy atom. The number of carbonyl (C=O) groups excluding carboxylic acids is 2. The van der Waals surface area contributed by atoms with Crippen LogP contribution in [0.25, 0.3) is 0 Å². The molecule has 150 valence electrons. The molecule has 2 rings (SSSR count). The SMILES string of the molecule is CCOc1ccc(CCNC(=O)C(=O)Nc2ccc(F)cc2F)cc1OCC. The van der Waals surface area contributed by atoms with Crippen LogP contribution in [0.2, 0.25) is 0 Å². The van der Waals surface area contributed by atoms with Crippen LogP contribution in [0.5, 0.6) is 11.5 Å². The Bertz CT molecular complexity index is 843. The van der Waals surface area contributed by atoms with Crippen LogP contribution in [0, 0.1) is 11.6 Å². The van der Waals surface area contributed by atoms with Crippen LogP contribution in [0.15, 0.2) is 36.4 Å². The molecule has 0 spiro atoms. The van der Waals surface area contributed by atoms with Crippen molar-refractivity contribution in [1.29, 1.82) is 0 Å². The molecule has 0 radical (unpaired) electrons. The van der Waals surface area contributed by atoms with Gasteiger partial charge in [0.2, 0.25) is 0 Å². The Morgan fingerprint density at radius 2 is 1.64 bits per heavy atom. The highest BCUT2D eigenvalue weighted by molar-refractivity contribution is 6.39. The quantitative estimate of drug-likeness (QED) is 0.677. The molecule has 0 aliphatic carbocycles. The van der Waals surface area contributed by atoms with E-state index in [0.29, 0.717) is 37.2 Å². The molecule has 0 heterocycles. The minimum Gasteiger partial charge on any atom is -0.490 e. The standard InChI is InChI=1S/C20H22F2N2O4/c1-3-27-17-8-5-13(11-18(17)28-4-2)9-10-23-19(25)20(26)24-16-7-6-14(21)12-15(16)22/h5-8,11-12H,3-4,9-10H2,1-2H3,(H,23,25)(H,24,26). The van der Waals surface area contributed by atoms with Crippen LogP contribution in [0.1, 0.15) is 19.4 Å². The molecule has 0 aliphatic heterocycles. The lowest BCUT2D eigenvalue weighted by Crippen LogP contribution is -2.36. The number of ether oxygens (including phenoxy) is 2. The monoisotopic (exact) mass is 392 g/mol. The van der Waals surface area contributed by atoms with Gasteiger partial charge in [0.1, 0.15) is 11.6 Å². The van der Waals surface area contributed by atoms with Gasteiger partial charge < -0.3 is 20.1 Å². The van der Waals surface area contributed by atoms with Gasteiger partial charge in [0.05, 0.1) is 18.9 Å². The lowest BCUT2D eigenvalue weighted by Gasteiger charge is -2.12. The molecular formula is C20H22F2N2O4. The lowest BCUT2D eigenvalue weighted by atomic mass is 10.1. The molecule has 0 aromatic heterocycles. The topological polar surface area (TPSA) is 76.7 Å². The zero-order valence-electron chi connectivity index (χ0n) is 15.7. The van der Waals surface area contributed by atoms with Crippen LogP contribution < -0.4 is 20.1 Å². The lowest BCUT2D eigenvalue weighted by molar-refractivity contribution is -0.136. The maximum Gasteiger partial charge on any atom is 0.313 e. The van der Waals surface area contributed by atoms with Gasteiger partial charge >= 0.3 is 11.8 Å². The number of anilines is 1. The molecule has 0 saturated carbocycles. The summed E-state index contributed by atoms with van der Waals surface area (Å²) in [5.74, 6) is -2.44. The Hall–Kier alpha value is -3.16. The van der Waals surface area contributed by atoms with Gasteiger partial charge in [0.15, 0.2) is 11.5 Å². The van der Waals surface area contributed by atoms with E-state index in [0.717, 1.165) is 17.7 Å². The number of hydrogen-bond acceptors (Lipinski definition) is 4. The Kier molecular flexibility index (Phi) is 7.74. The summed E-state index contributed by atoms with van der Waals surface area (Å²) in [5.41, 5.74) is 0.617. The highest BCUT2D eigenvalue weighted by atomic mass is 19.1. The van der Waals surface area contributed by atoms with Crippen LogP contribution in [0.4, 0.5) is 14.5 Å². The average molecular weight is 392 g/mol. The predicted molar refractivity (Wildman–Crippen MR) is 100 cm³/mol. The summed E-state index contributed by atoms with van der Waals surface area (Å²) in [7, 11) is 0. The molecular weight excluding hydrogens is 370 g/mol. The van der Waals surface area contributed by atoms with E-state index in [1.54, 1.807) is 6.07 Å². The predicted octanol–water partition coefficient (Wildman–Crippen LogP) is 3.06. The van der Waals surface area contributed by atoms with Crippen molar-refractivity contribution in [3.63, 3.8) is 0 Å². The molecule has 0 bridgehead atoms. The first-order chi connectivity index (χ1) is 13.4. The Balaban J connectivity index is 1.88. The maximum atomic E-state index is 13.5. The van der Waals surface area contributed by atoms with Crippen molar-refractivity contribution in [2.45, 2.75) is 20.3 Å². The number of carbonyl (C=O) groups is 2. The van der Waals surface area contributed by atoms with Crippen molar-refractivity contribution in [3.8, 4) is 11.5 Å². The molecule has 0 atom stereocenters. The summed E-state index contributed by atoms with van der Waals surface area (Å²) in [6.45, 7) is 4.94. The van der Waals surface area contributed by atoms with Crippen molar-refractivity contribution < 1.29 is 27.8 Å². The number of rotatable bonds is 8. The molecule has 0 aliphatic rings. The van der Waals surface area contributed by atoms with Gasteiger partial charge in [-0.25, -0.2) is 8.78 Å². The fourth-order valence-corrected chi connectivity index (χ4v) is 2.42. The Morgan fingerprint density at radius 1 is 0.929 bits per heavy atom. The molecule has 0 unspecified atom stereocenters. The van der Waals surface area contributed by atoms with Gasteiger partial charge in [-0.3, -0.25) is 9.59 Å². The first-order valence-corrected chi connectivity index (χ1v) is 8.87. The molecule has 6 nitrogen and oxygen atoms in total. The van der Waals surface area contributed by atoms with E-state index >= 15 is 0 Å². The van der Waals surface area contributed by atoms with Gasteiger partial charge in [-0.1, -0.05) is 6.07 Å². The normalized spacial score (nSPS) is 10.3. The second-order valence-corrected chi connectivity index (χ2v) is 5.73. The van der Waals surface area contributed by atoms with Crippen molar-refractivity contribution in [2.24, 2.45) is 0 Å². The summed E-state index contributed by atoms with van der Waals surface area (Å²) in [6, 6.07) is 8.09. The minimum absolute atomic E-state index is 0.192. The molecule has 8 heteroatoms. The maximum absolute atomic E-state index is 13.5. The fraction of sp³-hybridized carbons (Fsp3) is 0.300. The largest absolute Gasteiger partial charge is 0.490 e. The third-order valence-electron chi connectivity index (χ3n) is 3.69. The number of nitrogens with one attached hydrogen (secondary N) is 2. The molecule has 2 amide bonds. The third kappa shape index (κ3) is 5.94. The number of halogens is 2. The summed E-state index contributed by atoms with van der Waals surface area (Å²) < 4.78 is 37.4. The average Bonchev–Trinajstić information content (AvgIpc) is 2.66. The second kappa shape index (κ2) is 10.2. The van der Waals surface area contributed by atoms with E-state index < -0.39 is 23.4 Å². The van der Waals surface area contributed by atoms with Crippen molar-refractivity contribution >= 4 is 17.5 Å². The van der Waals surface area contributed by atoms with Gasteiger partial charge in [-0.15, -0.1) is 0 Å². The highest BCUT2D eigenvalue weighted by Gasteiger charge is 2.15. The van der Waals surface area contributed by atoms with Gasteiger partial charge in [0, 0.05) is 12.6 Å². The van der Waals surface area contributed by atoms with Gasteiger partial charge in [0.25, 0.3) is 0 Å². The fourth-order valence-electron chi connectivity index (χ4n) is 2.42. The van der Waals surface area contributed by atoms with E-state index in [2.05, 4.69) is 10.6 Å². The van der Waals surface area contributed by atoms with Crippen LogP contribution in [-0.2, 0) is 16.0 Å². The summed E-state index contributed by atoms with van der Waals surface area (Å²) in [4.78, 5) is 23.7. The smallest absolute Gasteiger partial charge is 0.313 e. The van der Waals surface area contributed by atoms with Crippen LogP contribution >= 0.6 is 0 Å². The molecule has 28 heavy (non-hydrogen) atoms. The number of benzene rings is 2. The molecule has 0 saturated heterocycles. The van der Waals surface area contributed by atoms with Crippen molar-refractivity contribution in [3.05, 3.63) is 53.6 Å². The molecule has 2 aromatic carbocycles. The first-order valence-electron chi connectivity index (χ1n) is 8.87. The van der Waals surface area contributed by atoms with E-state index in [9.17, 15) is 18.4 Å². The van der Waals surface area contributed by atoms with E-state index in [4.69, 9.17) is 9.47 Å². The minimum atomic E-state index is -1.03. The zero-order valence-corrected chi connectivity index (χ0v) is 15.7. The summed E-state index contributed by atoms with van der Waals surface area (Å²) in [5, 5.41) is 4.56. The highest BCUT2D eigenvalue weighted by Crippen LogP contribution is 2.28. The second-order valence-electron chi connectivity index (χ2n) is 5.73. The summed E-state index contributed by atoms with van der Waals surface area (Å²) in [6.07, 6.45) is 0.455. The number of amides is 2. The van der Waals surface area contributed by atoms with Crippen molar-refractivity contribution in [2.75, 3.05) is 25.1 Å². The van der Waals surface area contributed by atoms with Gasteiger partial charge in [-0.05, 0) is 50.1 Å². The third-order valence-corrected chi connectivity index (χ3v) is 3.69. The molecule has 2 N–H and O–H groups in total. The van der Waals surface area contributed by atoms with Crippen molar-refractivity contribution in [1.82, 2.24) is 5.32 Å². The van der Waals surface area contributed by atoms with Crippen LogP contribution in [-0.4, -0.2) is 31.6 Å².